The van der Waals surface area contributed by atoms with Crippen LogP contribution in [0.5, 0.6) is 11.5 Å². The lowest BCUT2D eigenvalue weighted by Crippen LogP contribution is -2.27. The number of ether oxygens (including phenoxy) is 1. The van der Waals surface area contributed by atoms with Crippen LogP contribution in [0.1, 0.15) is 159 Å². The van der Waals surface area contributed by atoms with Crippen LogP contribution in [-0.2, 0) is 21.7 Å². The Labute approximate surface area is 482 Å². The number of hydrogen-bond acceptors (Lipinski definition) is 4. The van der Waals surface area contributed by atoms with E-state index in [1.807, 2.05) is 6.20 Å². The lowest BCUT2D eigenvalue weighted by molar-refractivity contribution is 0.477. The SMILES string of the molecule is CC(C)c1cccc(C(C)C)c1C1=CN(c2cc(-c3ccccc3)cc(C(C)(C)C)c2)CN1c1cc(Oc2cc(C(C)(C)c3ccccc3)c3c4ccccc4n(-c4cc(C(C)(C)c5ccccc5)ccn4)c3c2)cc(C(C)(C)C)c1. The minimum absolute atomic E-state index is 0.0682. The van der Waals surface area contributed by atoms with Gasteiger partial charge in [-0.05, 0) is 127 Å². The van der Waals surface area contributed by atoms with Crippen molar-refractivity contribution in [1.82, 2.24) is 9.55 Å². The van der Waals surface area contributed by atoms with Gasteiger partial charge in [0, 0.05) is 63.1 Å². The van der Waals surface area contributed by atoms with Gasteiger partial charge in [0.2, 0.25) is 0 Å². The molecule has 5 heteroatoms. The summed E-state index contributed by atoms with van der Waals surface area (Å²) in [5.41, 5.74) is 18.4. The summed E-state index contributed by atoms with van der Waals surface area (Å²) in [4.78, 5) is 10.2. The number of benzene rings is 8. The number of pyridine rings is 1. The molecule has 0 saturated heterocycles. The molecule has 1 aliphatic rings. The number of rotatable bonds is 13. The first-order valence-corrected chi connectivity index (χ1v) is 29.2. The number of fused-ring (bicyclic) bond motifs is 3. The van der Waals surface area contributed by atoms with Crippen LogP contribution in [-0.4, -0.2) is 16.2 Å². The first-order valence-electron chi connectivity index (χ1n) is 29.2. The van der Waals surface area contributed by atoms with E-state index in [9.17, 15) is 0 Å². The summed E-state index contributed by atoms with van der Waals surface area (Å²) in [6, 6.07) is 71.3. The molecular formula is C76H80N4O. The third kappa shape index (κ3) is 10.5. The molecule has 10 aromatic rings. The molecule has 0 spiro atoms. The van der Waals surface area contributed by atoms with E-state index in [2.05, 4.69) is 312 Å². The minimum Gasteiger partial charge on any atom is -0.457 e. The second kappa shape index (κ2) is 21.1. The molecule has 0 unspecified atom stereocenters. The smallest absolute Gasteiger partial charge is 0.137 e. The van der Waals surface area contributed by atoms with Crippen molar-refractivity contribution in [2.24, 2.45) is 0 Å². The zero-order valence-corrected chi connectivity index (χ0v) is 50.2. The molecule has 1 aliphatic heterocycles. The van der Waals surface area contributed by atoms with Gasteiger partial charge in [-0.25, -0.2) is 4.98 Å². The highest BCUT2D eigenvalue weighted by Gasteiger charge is 2.34. The summed E-state index contributed by atoms with van der Waals surface area (Å²) < 4.78 is 9.87. The van der Waals surface area contributed by atoms with E-state index in [4.69, 9.17) is 9.72 Å². The summed E-state index contributed by atoms with van der Waals surface area (Å²) in [5, 5.41) is 2.36. The van der Waals surface area contributed by atoms with Gasteiger partial charge in [-0.1, -0.05) is 230 Å². The van der Waals surface area contributed by atoms with E-state index in [-0.39, 0.29) is 16.2 Å². The van der Waals surface area contributed by atoms with Gasteiger partial charge < -0.3 is 14.5 Å². The van der Waals surface area contributed by atoms with Crippen molar-refractivity contribution in [2.45, 2.75) is 130 Å². The van der Waals surface area contributed by atoms with Crippen molar-refractivity contribution in [3.63, 3.8) is 0 Å². The van der Waals surface area contributed by atoms with Crippen LogP contribution < -0.4 is 14.5 Å². The molecule has 0 amide bonds. The summed E-state index contributed by atoms with van der Waals surface area (Å²) in [7, 11) is 0. The van der Waals surface area contributed by atoms with Crippen molar-refractivity contribution in [2.75, 3.05) is 16.5 Å². The number of hydrogen-bond donors (Lipinski definition) is 0. The van der Waals surface area contributed by atoms with Crippen LogP contribution in [0, 0.1) is 0 Å². The van der Waals surface area contributed by atoms with Gasteiger partial charge in [0.15, 0.2) is 0 Å². The monoisotopic (exact) mass is 1060 g/mol. The topological polar surface area (TPSA) is 33.5 Å². The molecule has 81 heavy (non-hydrogen) atoms. The maximum Gasteiger partial charge on any atom is 0.137 e. The molecule has 8 aromatic carbocycles. The molecule has 3 heterocycles. The lowest BCUT2D eigenvalue weighted by atomic mass is 9.76. The zero-order chi connectivity index (χ0) is 57.2. The average molecular weight is 1070 g/mol. The Morgan fingerprint density at radius 1 is 0.457 bits per heavy atom. The molecular weight excluding hydrogens is 985 g/mol. The number of anilines is 2. The predicted molar refractivity (Wildman–Crippen MR) is 344 cm³/mol. The average Bonchev–Trinajstić information content (AvgIpc) is 3.93. The van der Waals surface area contributed by atoms with Gasteiger partial charge in [-0.2, -0.15) is 0 Å². The van der Waals surface area contributed by atoms with E-state index < -0.39 is 5.41 Å². The summed E-state index contributed by atoms with van der Waals surface area (Å²) >= 11 is 0. The summed E-state index contributed by atoms with van der Waals surface area (Å²) in [5.74, 6) is 3.02. The highest BCUT2D eigenvalue weighted by Crippen LogP contribution is 2.48. The van der Waals surface area contributed by atoms with Crippen LogP contribution in [0.2, 0.25) is 0 Å². The fraction of sp³-hybridized carbons (Fsp3) is 0.276. The first kappa shape index (κ1) is 54.8. The van der Waals surface area contributed by atoms with Gasteiger partial charge in [0.1, 0.15) is 17.3 Å². The third-order valence-corrected chi connectivity index (χ3v) is 17.1. The molecule has 0 aliphatic carbocycles. The molecule has 2 aromatic heterocycles. The molecule has 0 radical (unpaired) electrons. The van der Waals surface area contributed by atoms with Gasteiger partial charge >= 0.3 is 0 Å². The van der Waals surface area contributed by atoms with Crippen molar-refractivity contribution in [3.8, 4) is 28.4 Å². The van der Waals surface area contributed by atoms with Gasteiger partial charge in [-0.3, -0.25) is 4.57 Å². The Bertz CT molecular complexity index is 3930. The van der Waals surface area contributed by atoms with Crippen LogP contribution in [0.25, 0.3) is 44.4 Å². The van der Waals surface area contributed by atoms with Crippen molar-refractivity contribution in [1.29, 1.82) is 0 Å². The zero-order valence-electron chi connectivity index (χ0n) is 50.2. The molecule has 410 valence electrons. The summed E-state index contributed by atoms with van der Waals surface area (Å²) in [6.07, 6.45) is 4.39. The van der Waals surface area contributed by atoms with Gasteiger partial charge in [-0.15, -0.1) is 0 Å². The number of nitrogens with zero attached hydrogens (tertiary/aromatic N) is 4. The van der Waals surface area contributed by atoms with Crippen molar-refractivity contribution >= 4 is 38.9 Å². The number of aromatic nitrogens is 2. The quantitative estimate of drug-likeness (QED) is 0.115. The largest absolute Gasteiger partial charge is 0.457 e. The Morgan fingerprint density at radius 2 is 1.02 bits per heavy atom. The maximum absolute atomic E-state index is 7.52. The Hall–Kier alpha value is -8.15. The van der Waals surface area contributed by atoms with Crippen LogP contribution in [0.15, 0.2) is 207 Å². The Morgan fingerprint density at radius 3 is 1.65 bits per heavy atom. The van der Waals surface area contributed by atoms with E-state index >= 15 is 0 Å². The maximum atomic E-state index is 7.52. The molecule has 5 nitrogen and oxygen atoms in total. The second-order valence-corrected chi connectivity index (χ2v) is 26.2. The fourth-order valence-electron chi connectivity index (χ4n) is 12.1. The highest BCUT2D eigenvalue weighted by molar-refractivity contribution is 6.12. The third-order valence-electron chi connectivity index (χ3n) is 17.1. The molecule has 0 N–H and O–H groups in total. The predicted octanol–water partition coefficient (Wildman–Crippen LogP) is 20.4. The van der Waals surface area contributed by atoms with Gasteiger partial charge in [0.05, 0.1) is 23.4 Å². The Kier molecular flexibility index (Phi) is 14.2. The number of para-hydroxylation sites is 1. The Balaban J connectivity index is 1.11. The van der Waals surface area contributed by atoms with Gasteiger partial charge in [0.25, 0.3) is 0 Å². The minimum atomic E-state index is -0.419. The van der Waals surface area contributed by atoms with Crippen molar-refractivity contribution < 1.29 is 4.74 Å². The fourth-order valence-corrected chi connectivity index (χ4v) is 12.1. The van der Waals surface area contributed by atoms with E-state index in [0.29, 0.717) is 18.5 Å². The lowest BCUT2D eigenvalue weighted by Gasteiger charge is -2.30. The van der Waals surface area contributed by atoms with Crippen LogP contribution in [0.3, 0.4) is 0 Å². The molecule has 0 bridgehead atoms. The first-order chi connectivity index (χ1) is 38.6. The molecule has 11 rings (SSSR count). The molecule has 0 atom stereocenters. The summed E-state index contributed by atoms with van der Waals surface area (Å²) in [6.45, 7) is 33.1. The van der Waals surface area contributed by atoms with E-state index in [0.717, 1.165) is 34.0 Å². The van der Waals surface area contributed by atoms with Crippen molar-refractivity contribution in [3.05, 3.63) is 257 Å². The van der Waals surface area contributed by atoms with Crippen LogP contribution in [0.4, 0.5) is 11.4 Å². The molecule has 0 saturated carbocycles. The highest BCUT2D eigenvalue weighted by atomic mass is 16.5. The van der Waals surface area contributed by atoms with E-state index in [1.165, 1.54) is 83.4 Å². The normalized spacial score (nSPS) is 13.5. The second-order valence-electron chi connectivity index (χ2n) is 26.2. The molecule has 0 fully saturated rings. The van der Waals surface area contributed by atoms with E-state index in [1.54, 1.807) is 0 Å². The van der Waals surface area contributed by atoms with Crippen LogP contribution >= 0.6 is 0 Å². The standard InChI is InChI=1S/C76H80N4O/c1-50(2)63-34-26-35-64(51(3)4)71(63)69-48-78(59-40-53(52-27-18-15-19-28-52)39-57(41-59)73(5,6)7)49-79(69)60-42-58(74(8,9)10)43-61(45-60)81-62-46-66(76(13,14)55-31-22-17-23-32-55)72-65-33-24-25-36-67(65)80(68(72)47-62)70-44-56(37-38-77-70)75(11,12)54-29-20-16-21-30-54/h15-48,50-51H,49H2,1-14H3.